The maximum atomic E-state index is 11.4. The first-order valence-corrected chi connectivity index (χ1v) is 11.2. The van der Waals surface area contributed by atoms with Crippen LogP contribution in [0.5, 0.6) is 0 Å². The van der Waals surface area contributed by atoms with Crippen molar-refractivity contribution in [2.45, 2.75) is 70.1 Å². The summed E-state index contributed by atoms with van der Waals surface area (Å²) in [6.07, 6.45) is 6.53. The zero-order valence-electron chi connectivity index (χ0n) is 17.1. The van der Waals surface area contributed by atoms with Crippen molar-refractivity contribution < 1.29 is 4.79 Å². The Kier molecular flexibility index (Phi) is 7.10. The molecule has 1 aliphatic carbocycles. The van der Waals surface area contributed by atoms with Crippen LogP contribution in [-0.2, 0) is 4.79 Å². The second kappa shape index (κ2) is 9.33. The van der Waals surface area contributed by atoms with E-state index in [1.807, 2.05) is 11.9 Å². The molecule has 0 radical (unpaired) electrons. The van der Waals surface area contributed by atoms with Crippen molar-refractivity contribution in [2.24, 2.45) is 5.92 Å². The van der Waals surface area contributed by atoms with E-state index < -0.39 is 0 Å². The average molecular weight is 390 g/mol. The SMILES string of the molecule is CC(C)(C)SNC1CCC(CNc2ccc(N3CCC(=O)CC3)cc2)CC1. The van der Waals surface area contributed by atoms with Gasteiger partial charge in [0.05, 0.1) is 0 Å². The fourth-order valence-corrected chi connectivity index (χ4v) is 4.57. The summed E-state index contributed by atoms with van der Waals surface area (Å²) in [7, 11) is 0. The van der Waals surface area contributed by atoms with Gasteiger partial charge in [-0.25, -0.2) is 0 Å². The molecule has 1 saturated heterocycles. The van der Waals surface area contributed by atoms with Crippen molar-refractivity contribution >= 4 is 29.1 Å². The third kappa shape index (κ3) is 6.72. The Bertz CT molecular complexity index is 593. The van der Waals surface area contributed by atoms with Gasteiger partial charge in [0.15, 0.2) is 0 Å². The summed E-state index contributed by atoms with van der Waals surface area (Å²) in [5, 5.41) is 3.62. The van der Waals surface area contributed by atoms with Crippen LogP contribution in [0.2, 0.25) is 0 Å². The maximum absolute atomic E-state index is 11.4. The van der Waals surface area contributed by atoms with Gasteiger partial charge in [-0.15, -0.1) is 0 Å². The Hall–Kier alpha value is -1.20. The molecule has 27 heavy (non-hydrogen) atoms. The number of carbonyl (C=O) groups is 1. The topological polar surface area (TPSA) is 44.4 Å². The van der Waals surface area contributed by atoms with Gasteiger partial charge in [0.2, 0.25) is 0 Å². The molecule has 0 atom stereocenters. The van der Waals surface area contributed by atoms with Crippen molar-refractivity contribution in [1.29, 1.82) is 0 Å². The van der Waals surface area contributed by atoms with Crippen LogP contribution < -0.4 is 14.9 Å². The van der Waals surface area contributed by atoms with Crippen LogP contribution in [0.25, 0.3) is 0 Å². The van der Waals surface area contributed by atoms with Crippen LogP contribution in [0.3, 0.4) is 0 Å². The minimum absolute atomic E-state index is 0.286. The number of hydrogen-bond donors (Lipinski definition) is 2. The fraction of sp³-hybridized carbons (Fsp3) is 0.682. The molecule has 5 heteroatoms. The van der Waals surface area contributed by atoms with Gasteiger partial charge >= 0.3 is 0 Å². The van der Waals surface area contributed by atoms with E-state index >= 15 is 0 Å². The zero-order valence-corrected chi connectivity index (χ0v) is 17.9. The molecule has 150 valence electrons. The third-order valence-electron chi connectivity index (χ3n) is 5.53. The Balaban J connectivity index is 1.37. The second-order valence-electron chi connectivity index (χ2n) is 9.00. The van der Waals surface area contributed by atoms with E-state index in [9.17, 15) is 4.79 Å². The van der Waals surface area contributed by atoms with E-state index in [1.54, 1.807) is 0 Å². The van der Waals surface area contributed by atoms with Crippen molar-refractivity contribution in [1.82, 2.24) is 4.72 Å². The van der Waals surface area contributed by atoms with Gasteiger partial charge in [0, 0.05) is 54.6 Å². The highest BCUT2D eigenvalue weighted by atomic mass is 32.2. The highest BCUT2D eigenvalue weighted by Gasteiger charge is 2.23. The van der Waals surface area contributed by atoms with E-state index in [2.05, 4.69) is 60.0 Å². The van der Waals surface area contributed by atoms with Crippen molar-refractivity contribution in [3.63, 3.8) is 0 Å². The number of nitrogens with one attached hydrogen (secondary N) is 2. The van der Waals surface area contributed by atoms with E-state index in [0.29, 0.717) is 24.7 Å². The van der Waals surface area contributed by atoms with E-state index in [1.165, 1.54) is 37.1 Å². The van der Waals surface area contributed by atoms with Gasteiger partial charge in [-0.05, 0) is 76.6 Å². The van der Waals surface area contributed by atoms with Gasteiger partial charge in [-0.1, -0.05) is 11.9 Å². The first-order valence-electron chi connectivity index (χ1n) is 10.4. The molecule has 1 aromatic rings. The summed E-state index contributed by atoms with van der Waals surface area (Å²) < 4.78 is 3.95. The number of hydrogen-bond acceptors (Lipinski definition) is 5. The van der Waals surface area contributed by atoms with E-state index in [-0.39, 0.29) is 4.75 Å². The van der Waals surface area contributed by atoms with Crippen molar-refractivity contribution in [2.75, 3.05) is 29.9 Å². The molecule has 0 spiro atoms. The first-order chi connectivity index (χ1) is 12.9. The summed E-state index contributed by atoms with van der Waals surface area (Å²) in [5.74, 6) is 1.17. The van der Waals surface area contributed by atoms with Crippen LogP contribution in [0.4, 0.5) is 11.4 Å². The molecular formula is C22H35N3OS. The van der Waals surface area contributed by atoms with Crippen molar-refractivity contribution in [3.05, 3.63) is 24.3 Å². The number of piperidine rings is 1. The lowest BCUT2D eigenvalue weighted by Gasteiger charge is -2.31. The first kappa shape index (κ1) is 20.5. The minimum atomic E-state index is 0.286. The smallest absolute Gasteiger partial charge is 0.136 e. The van der Waals surface area contributed by atoms with E-state index in [4.69, 9.17) is 0 Å². The third-order valence-corrected chi connectivity index (χ3v) is 6.59. The monoisotopic (exact) mass is 389 g/mol. The molecule has 2 fully saturated rings. The normalized spacial score (nSPS) is 24.1. The summed E-state index contributed by atoms with van der Waals surface area (Å²) in [6.45, 7) is 9.56. The standard InChI is InChI=1S/C22H35N3OS/c1-22(2,3)27-24-19-6-4-17(5-7-19)16-23-18-8-10-20(11-9-18)25-14-12-21(26)13-15-25/h8-11,17,19,23-24H,4-7,12-16H2,1-3H3. The molecule has 1 heterocycles. The minimum Gasteiger partial charge on any atom is -0.385 e. The second-order valence-corrected chi connectivity index (χ2v) is 10.7. The Morgan fingerprint density at radius 2 is 1.67 bits per heavy atom. The van der Waals surface area contributed by atoms with E-state index in [0.717, 1.165) is 25.6 Å². The Morgan fingerprint density at radius 1 is 1.04 bits per heavy atom. The predicted octanol–water partition coefficient (Wildman–Crippen LogP) is 4.86. The van der Waals surface area contributed by atoms with Crippen LogP contribution in [0.1, 0.15) is 59.3 Å². The molecule has 4 nitrogen and oxygen atoms in total. The number of anilines is 2. The summed E-state index contributed by atoms with van der Waals surface area (Å²) in [5.41, 5.74) is 2.44. The van der Waals surface area contributed by atoms with Gasteiger partial charge in [0.1, 0.15) is 5.78 Å². The molecule has 0 unspecified atom stereocenters. The molecule has 0 aromatic heterocycles. The quantitative estimate of drug-likeness (QED) is 0.680. The Labute approximate surface area is 169 Å². The van der Waals surface area contributed by atoms with Crippen LogP contribution in [0.15, 0.2) is 24.3 Å². The largest absolute Gasteiger partial charge is 0.385 e. The van der Waals surface area contributed by atoms with Crippen LogP contribution in [0, 0.1) is 5.92 Å². The van der Waals surface area contributed by atoms with Gasteiger partial charge in [0.25, 0.3) is 0 Å². The lowest BCUT2D eigenvalue weighted by molar-refractivity contribution is -0.119. The van der Waals surface area contributed by atoms with Gasteiger partial charge in [-0.3, -0.25) is 9.52 Å². The number of nitrogens with zero attached hydrogens (tertiary/aromatic N) is 1. The average Bonchev–Trinajstić information content (AvgIpc) is 2.66. The zero-order chi connectivity index (χ0) is 19.3. The number of benzene rings is 1. The fourth-order valence-electron chi connectivity index (χ4n) is 3.81. The van der Waals surface area contributed by atoms with Gasteiger partial charge in [-0.2, -0.15) is 0 Å². The number of ketones is 1. The summed E-state index contributed by atoms with van der Waals surface area (Å²) in [4.78, 5) is 13.7. The predicted molar refractivity (Wildman–Crippen MR) is 118 cm³/mol. The number of carbonyl (C=O) groups excluding carboxylic acids is 1. The molecule has 2 N–H and O–H groups in total. The molecule has 0 bridgehead atoms. The maximum Gasteiger partial charge on any atom is 0.136 e. The lowest BCUT2D eigenvalue weighted by Crippen LogP contribution is -2.33. The molecule has 2 aliphatic rings. The molecule has 3 rings (SSSR count). The highest BCUT2D eigenvalue weighted by Crippen LogP contribution is 2.29. The highest BCUT2D eigenvalue weighted by molar-refractivity contribution is 7.98. The molecule has 1 aromatic carbocycles. The summed E-state index contributed by atoms with van der Waals surface area (Å²) >= 11 is 1.88. The lowest BCUT2D eigenvalue weighted by atomic mass is 9.86. The van der Waals surface area contributed by atoms with Gasteiger partial charge < -0.3 is 10.2 Å². The van der Waals surface area contributed by atoms with Crippen LogP contribution in [-0.4, -0.2) is 36.2 Å². The summed E-state index contributed by atoms with van der Waals surface area (Å²) in [6, 6.07) is 9.39. The Morgan fingerprint density at radius 3 is 2.26 bits per heavy atom. The van der Waals surface area contributed by atoms with Crippen molar-refractivity contribution in [3.8, 4) is 0 Å². The number of rotatable bonds is 6. The molecule has 0 amide bonds. The van der Waals surface area contributed by atoms with Crippen LogP contribution >= 0.6 is 11.9 Å². The molecule has 1 aliphatic heterocycles. The molecule has 1 saturated carbocycles. The number of Topliss-reactive ketones (excluding diaryl/α,β-unsaturated/α-hetero) is 1. The molecular weight excluding hydrogens is 354 g/mol.